The van der Waals surface area contributed by atoms with E-state index in [1.54, 1.807) is 0 Å². The van der Waals surface area contributed by atoms with Gasteiger partial charge in [0.2, 0.25) is 0 Å². The van der Waals surface area contributed by atoms with Crippen molar-refractivity contribution in [3.05, 3.63) is 0 Å². The lowest BCUT2D eigenvalue weighted by Crippen LogP contribution is -2.25. The Bertz CT molecular complexity index is 114. The van der Waals surface area contributed by atoms with E-state index < -0.39 is 0 Å². The molecule has 0 saturated carbocycles. The molecular formula is C9H19NO. The summed E-state index contributed by atoms with van der Waals surface area (Å²) >= 11 is 0. The van der Waals surface area contributed by atoms with Gasteiger partial charge in [0.1, 0.15) is 0 Å². The monoisotopic (exact) mass is 157 g/mol. The lowest BCUT2D eigenvalue weighted by molar-refractivity contribution is 0.216. The number of aliphatic hydroxyl groups is 1. The van der Waals surface area contributed by atoms with Gasteiger partial charge in [-0.25, -0.2) is 0 Å². The fourth-order valence-electron chi connectivity index (χ4n) is 1.74. The van der Waals surface area contributed by atoms with Gasteiger partial charge < -0.3 is 10.0 Å². The van der Waals surface area contributed by atoms with Crippen LogP contribution in [-0.2, 0) is 0 Å². The molecule has 11 heavy (non-hydrogen) atoms. The second-order valence-corrected chi connectivity index (χ2v) is 3.99. The van der Waals surface area contributed by atoms with E-state index >= 15 is 0 Å². The molecule has 1 saturated heterocycles. The van der Waals surface area contributed by atoms with E-state index in [4.69, 9.17) is 5.11 Å². The van der Waals surface area contributed by atoms with Gasteiger partial charge in [-0.15, -0.1) is 0 Å². The van der Waals surface area contributed by atoms with Gasteiger partial charge in [-0.3, -0.25) is 0 Å². The highest BCUT2D eigenvalue weighted by Gasteiger charge is 2.21. The Morgan fingerprint density at radius 3 is 2.73 bits per heavy atom. The molecule has 0 spiro atoms. The Morgan fingerprint density at radius 2 is 2.27 bits per heavy atom. The Hall–Kier alpha value is -0.0800. The average molecular weight is 157 g/mol. The van der Waals surface area contributed by atoms with E-state index in [2.05, 4.69) is 18.7 Å². The molecule has 2 nitrogen and oxygen atoms in total. The average Bonchev–Trinajstić information content (AvgIpc) is 2.34. The maximum Gasteiger partial charge on any atom is 0.0471 e. The minimum absolute atomic E-state index is 0.370. The van der Waals surface area contributed by atoms with E-state index in [1.165, 1.54) is 19.5 Å². The van der Waals surface area contributed by atoms with Crippen LogP contribution in [0.2, 0.25) is 0 Å². The van der Waals surface area contributed by atoms with Crippen molar-refractivity contribution in [2.45, 2.75) is 20.3 Å². The molecule has 66 valence electrons. The predicted molar refractivity (Wildman–Crippen MR) is 46.5 cm³/mol. The minimum Gasteiger partial charge on any atom is -0.396 e. The first-order valence-electron chi connectivity index (χ1n) is 4.55. The van der Waals surface area contributed by atoms with E-state index in [0.717, 1.165) is 12.5 Å². The van der Waals surface area contributed by atoms with Crippen LogP contribution in [0.1, 0.15) is 20.3 Å². The third-order valence-electron chi connectivity index (χ3n) is 2.25. The summed E-state index contributed by atoms with van der Waals surface area (Å²) in [6, 6.07) is 0. The zero-order valence-corrected chi connectivity index (χ0v) is 7.58. The third-order valence-corrected chi connectivity index (χ3v) is 2.25. The quantitative estimate of drug-likeness (QED) is 0.659. The topological polar surface area (TPSA) is 23.5 Å². The van der Waals surface area contributed by atoms with Gasteiger partial charge in [0.25, 0.3) is 0 Å². The van der Waals surface area contributed by atoms with Gasteiger partial charge in [0.15, 0.2) is 0 Å². The summed E-state index contributed by atoms with van der Waals surface area (Å²) in [4.78, 5) is 2.45. The smallest absolute Gasteiger partial charge is 0.0471 e. The van der Waals surface area contributed by atoms with Gasteiger partial charge in [-0.1, -0.05) is 13.8 Å². The molecule has 0 aromatic carbocycles. The van der Waals surface area contributed by atoms with Crippen LogP contribution in [0.4, 0.5) is 0 Å². The Kier molecular flexibility index (Phi) is 3.34. The van der Waals surface area contributed by atoms with Crippen molar-refractivity contribution in [2.75, 3.05) is 26.2 Å². The molecule has 0 amide bonds. The van der Waals surface area contributed by atoms with Gasteiger partial charge in [0.05, 0.1) is 0 Å². The summed E-state index contributed by atoms with van der Waals surface area (Å²) in [5, 5.41) is 8.89. The van der Waals surface area contributed by atoms with Gasteiger partial charge >= 0.3 is 0 Å². The lowest BCUT2D eigenvalue weighted by Gasteiger charge is -2.17. The first-order chi connectivity index (χ1) is 5.22. The maximum atomic E-state index is 8.89. The molecule has 1 fully saturated rings. The number of likely N-dealkylation sites (tertiary alicyclic amines) is 1. The number of hydrogen-bond donors (Lipinski definition) is 1. The fraction of sp³-hybridized carbons (Fsp3) is 1.00. The zero-order chi connectivity index (χ0) is 8.27. The molecular weight excluding hydrogens is 138 g/mol. The number of hydrogen-bond acceptors (Lipinski definition) is 2. The van der Waals surface area contributed by atoms with Crippen LogP contribution in [0.5, 0.6) is 0 Å². The van der Waals surface area contributed by atoms with Crippen molar-refractivity contribution >= 4 is 0 Å². The molecule has 1 heterocycles. The van der Waals surface area contributed by atoms with E-state index in [0.29, 0.717) is 12.5 Å². The van der Waals surface area contributed by atoms with Crippen molar-refractivity contribution in [1.82, 2.24) is 4.90 Å². The van der Waals surface area contributed by atoms with Crippen LogP contribution < -0.4 is 0 Å². The fourth-order valence-corrected chi connectivity index (χ4v) is 1.74. The Balaban J connectivity index is 2.19. The van der Waals surface area contributed by atoms with Crippen molar-refractivity contribution in [3.63, 3.8) is 0 Å². The molecule has 0 aromatic heterocycles. The van der Waals surface area contributed by atoms with Crippen LogP contribution in [0.15, 0.2) is 0 Å². The molecule has 0 radical (unpaired) electrons. The highest BCUT2D eigenvalue weighted by molar-refractivity contribution is 4.75. The minimum atomic E-state index is 0.370. The molecule has 1 rings (SSSR count). The predicted octanol–water partition coefficient (Wildman–Crippen LogP) is 0.957. The maximum absolute atomic E-state index is 8.89. The van der Waals surface area contributed by atoms with E-state index in [9.17, 15) is 0 Å². The standard InChI is InChI=1S/C9H19NO/c1-8(2)5-10-4-3-9(6-10)7-11/h8-9,11H,3-7H2,1-2H3/t9-/m1/s1. The second-order valence-electron chi connectivity index (χ2n) is 3.99. The second kappa shape index (κ2) is 4.07. The molecule has 0 aliphatic carbocycles. The number of aliphatic hydroxyl groups excluding tert-OH is 1. The highest BCUT2D eigenvalue weighted by atomic mass is 16.3. The Labute approximate surface area is 69.2 Å². The molecule has 2 heteroatoms. The molecule has 0 unspecified atom stereocenters. The number of nitrogens with zero attached hydrogens (tertiary/aromatic N) is 1. The van der Waals surface area contributed by atoms with E-state index in [1.807, 2.05) is 0 Å². The van der Waals surface area contributed by atoms with Crippen LogP contribution in [0, 0.1) is 11.8 Å². The summed E-state index contributed by atoms with van der Waals surface area (Å²) in [7, 11) is 0. The summed E-state index contributed by atoms with van der Waals surface area (Å²) < 4.78 is 0. The Morgan fingerprint density at radius 1 is 1.55 bits per heavy atom. The van der Waals surface area contributed by atoms with Crippen LogP contribution in [-0.4, -0.2) is 36.2 Å². The summed E-state index contributed by atoms with van der Waals surface area (Å²) in [6.45, 7) is 8.34. The van der Waals surface area contributed by atoms with Crippen LogP contribution >= 0.6 is 0 Å². The number of rotatable bonds is 3. The lowest BCUT2D eigenvalue weighted by atomic mass is 10.1. The first kappa shape index (κ1) is 9.01. The van der Waals surface area contributed by atoms with Crippen molar-refractivity contribution in [2.24, 2.45) is 11.8 Å². The normalized spacial score (nSPS) is 26.7. The third kappa shape index (κ3) is 2.80. The van der Waals surface area contributed by atoms with Gasteiger partial charge in [-0.2, -0.15) is 0 Å². The zero-order valence-electron chi connectivity index (χ0n) is 7.58. The van der Waals surface area contributed by atoms with E-state index in [-0.39, 0.29) is 0 Å². The largest absolute Gasteiger partial charge is 0.396 e. The van der Waals surface area contributed by atoms with Gasteiger partial charge in [-0.05, 0) is 24.8 Å². The van der Waals surface area contributed by atoms with Gasteiger partial charge in [0, 0.05) is 19.7 Å². The van der Waals surface area contributed by atoms with Crippen LogP contribution in [0.25, 0.3) is 0 Å². The molecule has 1 atom stereocenters. The first-order valence-corrected chi connectivity index (χ1v) is 4.55. The summed E-state index contributed by atoms with van der Waals surface area (Å²) in [5.41, 5.74) is 0. The molecule has 0 bridgehead atoms. The van der Waals surface area contributed by atoms with Crippen molar-refractivity contribution in [3.8, 4) is 0 Å². The summed E-state index contributed by atoms with van der Waals surface area (Å²) in [6.07, 6.45) is 1.18. The van der Waals surface area contributed by atoms with Crippen molar-refractivity contribution < 1.29 is 5.11 Å². The SMILES string of the molecule is CC(C)CN1CC[C@@H](CO)C1. The molecule has 1 N–H and O–H groups in total. The van der Waals surface area contributed by atoms with Crippen LogP contribution in [0.3, 0.4) is 0 Å². The molecule has 1 aliphatic rings. The molecule has 0 aromatic rings. The molecule has 1 aliphatic heterocycles. The summed E-state index contributed by atoms with van der Waals surface area (Å²) in [5.74, 6) is 1.31. The van der Waals surface area contributed by atoms with Crippen molar-refractivity contribution in [1.29, 1.82) is 0 Å². The highest BCUT2D eigenvalue weighted by Crippen LogP contribution is 2.16.